The molecule has 0 bridgehead atoms. The van der Waals surface area contributed by atoms with Gasteiger partial charge in [-0.25, -0.2) is 0 Å². The Balaban J connectivity index is 1.90. The first-order valence-corrected chi connectivity index (χ1v) is 10.5. The van der Waals surface area contributed by atoms with Gasteiger partial charge < -0.3 is 27.4 Å². The van der Waals surface area contributed by atoms with Gasteiger partial charge in [0.25, 0.3) is 5.91 Å². The lowest BCUT2D eigenvalue weighted by Crippen LogP contribution is -2.52. The molecule has 2 aromatic carbocycles. The Morgan fingerprint density at radius 1 is 1.12 bits per heavy atom. The third-order valence-corrected chi connectivity index (χ3v) is 5.18. The van der Waals surface area contributed by atoms with Crippen molar-refractivity contribution in [2.24, 2.45) is 5.73 Å². The first kappa shape index (κ1) is 26.1. The van der Waals surface area contributed by atoms with E-state index in [4.69, 9.17) is 11.5 Å². The summed E-state index contributed by atoms with van der Waals surface area (Å²) < 4.78 is 39.5. The molecule has 0 aliphatic heterocycles. The normalized spacial score (nSPS) is 12.2. The Labute approximate surface area is 196 Å². The molecular formula is C21H23BrF3N5O3. The maximum atomic E-state index is 12.9. The topological polar surface area (TPSA) is 139 Å². The van der Waals surface area contributed by atoms with E-state index in [9.17, 15) is 27.6 Å². The number of hydrogen-bond acceptors (Lipinski definition) is 5. The average molecular weight is 530 g/mol. The fraction of sp³-hybridized carbons (Fsp3) is 0.286. The predicted octanol–water partition coefficient (Wildman–Crippen LogP) is 1.85. The molecular weight excluding hydrogens is 507 g/mol. The van der Waals surface area contributed by atoms with Crippen LogP contribution in [0, 0.1) is 6.92 Å². The molecule has 0 aliphatic carbocycles. The highest BCUT2D eigenvalue weighted by Gasteiger charge is 2.31. The van der Waals surface area contributed by atoms with Gasteiger partial charge in [0.1, 0.15) is 6.04 Å². The zero-order chi connectivity index (χ0) is 24.8. The Hall–Kier alpha value is -3.12. The summed E-state index contributed by atoms with van der Waals surface area (Å²) in [5.41, 5.74) is 11.3. The van der Waals surface area contributed by atoms with Gasteiger partial charge in [-0.1, -0.05) is 22.0 Å². The zero-order valence-corrected chi connectivity index (χ0v) is 19.1. The summed E-state index contributed by atoms with van der Waals surface area (Å²) in [5, 5.41) is 7.58. The number of nitrogen functional groups attached to an aromatic ring is 1. The Morgan fingerprint density at radius 2 is 1.82 bits per heavy atom. The number of carbonyl (C=O) groups is 3. The van der Waals surface area contributed by atoms with Crippen molar-refractivity contribution >= 4 is 39.3 Å². The van der Waals surface area contributed by atoms with E-state index >= 15 is 0 Å². The van der Waals surface area contributed by atoms with Gasteiger partial charge in [-0.2, -0.15) is 13.2 Å². The molecule has 8 nitrogen and oxygen atoms in total. The van der Waals surface area contributed by atoms with Crippen molar-refractivity contribution in [2.45, 2.75) is 25.7 Å². The molecule has 3 amide bonds. The van der Waals surface area contributed by atoms with Gasteiger partial charge in [0.05, 0.1) is 17.7 Å². The number of benzene rings is 2. The molecule has 0 saturated carbocycles. The van der Waals surface area contributed by atoms with Crippen LogP contribution in [-0.2, 0) is 22.3 Å². The van der Waals surface area contributed by atoms with Gasteiger partial charge in [0, 0.05) is 23.2 Å². The monoisotopic (exact) mass is 529 g/mol. The minimum absolute atomic E-state index is 0.0328. The number of carbonyl (C=O) groups excluding carboxylic acids is 3. The summed E-state index contributed by atoms with van der Waals surface area (Å²) >= 11 is 3.37. The van der Waals surface area contributed by atoms with Crippen LogP contribution in [0.25, 0.3) is 0 Å². The second kappa shape index (κ2) is 11.1. The summed E-state index contributed by atoms with van der Waals surface area (Å²) in [6, 6.07) is 6.95. The summed E-state index contributed by atoms with van der Waals surface area (Å²) in [6.07, 6.45) is -4.66. The van der Waals surface area contributed by atoms with E-state index < -0.39 is 47.6 Å². The van der Waals surface area contributed by atoms with Gasteiger partial charge in [0.15, 0.2) is 0 Å². The number of nitrogens with two attached hydrogens (primary N) is 2. The largest absolute Gasteiger partial charge is 0.416 e. The highest BCUT2D eigenvalue weighted by molar-refractivity contribution is 9.10. The second-order valence-electron chi connectivity index (χ2n) is 7.21. The number of primary amides is 1. The summed E-state index contributed by atoms with van der Waals surface area (Å²) in [7, 11) is 0. The van der Waals surface area contributed by atoms with Crippen LogP contribution in [0.4, 0.5) is 18.9 Å². The molecule has 0 spiro atoms. The van der Waals surface area contributed by atoms with Crippen LogP contribution in [0.5, 0.6) is 0 Å². The minimum atomic E-state index is -4.66. The van der Waals surface area contributed by atoms with Crippen molar-refractivity contribution in [1.29, 1.82) is 0 Å². The minimum Gasteiger partial charge on any atom is -0.398 e. The van der Waals surface area contributed by atoms with E-state index in [1.54, 1.807) is 0 Å². The number of halogens is 4. The van der Waals surface area contributed by atoms with Crippen LogP contribution < -0.4 is 27.4 Å². The van der Waals surface area contributed by atoms with Crippen LogP contribution in [0.2, 0.25) is 0 Å². The average Bonchev–Trinajstić information content (AvgIpc) is 2.72. The van der Waals surface area contributed by atoms with Crippen LogP contribution in [0.3, 0.4) is 0 Å². The lowest BCUT2D eigenvalue weighted by molar-refractivity contribution is -0.137. The maximum Gasteiger partial charge on any atom is 0.416 e. The van der Waals surface area contributed by atoms with Crippen LogP contribution in [-0.4, -0.2) is 36.9 Å². The number of alkyl halides is 3. The van der Waals surface area contributed by atoms with Gasteiger partial charge in [-0.05, 0) is 48.4 Å². The van der Waals surface area contributed by atoms with Crippen molar-refractivity contribution < 1.29 is 27.6 Å². The lowest BCUT2D eigenvalue weighted by atomic mass is 10.1. The number of rotatable bonds is 9. The molecule has 2 rings (SSSR count). The number of anilines is 1. The highest BCUT2D eigenvalue weighted by atomic mass is 79.9. The summed E-state index contributed by atoms with van der Waals surface area (Å²) in [5.74, 6) is -2.51. The van der Waals surface area contributed by atoms with E-state index in [0.717, 1.165) is 27.7 Å². The van der Waals surface area contributed by atoms with Crippen molar-refractivity contribution in [3.8, 4) is 0 Å². The number of nitrogens with one attached hydrogen (secondary N) is 3. The number of amides is 3. The van der Waals surface area contributed by atoms with E-state index in [1.807, 2.05) is 25.1 Å². The fourth-order valence-corrected chi connectivity index (χ4v) is 3.34. The van der Waals surface area contributed by atoms with E-state index in [0.29, 0.717) is 12.6 Å². The Kier molecular flexibility index (Phi) is 8.83. The standard InChI is InChI=1S/C21H23BrF3N5O3/c1-11-6-14(22)4-2-12(11)8-28-9-17(19(27)32)30-18(31)10-29-20(33)15-7-13(21(23,24)25)3-5-16(15)26/h2-7,17,28H,8-10,26H2,1H3,(H2,27,32)(H,29,33)(H,30,31)/t17-/m0/s1. The molecule has 0 saturated heterocycles. The van der Waals surface area contributed by atoms with E-state index in [1.165, 1.54) is 0 Å². The van der Waals surface area contributed by atoms with E-state index in [2.05, 4.69) is 31.9 Å². The first-order valence-electron chi connectivity index (χ1n) is 9.68. The Bertz CT molecular complexity index is 1050. The van der Waals surface area contributed by atoms with Crippen molar-refractivity contribution in [3.05, 3.63) is 63.1 Å². The molecule has 12 heteroatoms. The summed E-state index contributed by atoms with van der Waals surface area (Å²) in [6.45, 7) is 1.79. The fourth-order valence-electron chi connectivity index (χ4n) is 2.86. The third kappa shape index (κ3) is 7.75. The lowest BCUT2D eigenvalue weighted by Gasteiger charge is -2.17. The van der Waals surface area contributed by atoms with Crippen molar-refractivity contribution in [1.82, 2.24) is 16.0 Å². The highest BCUT2D eigenvalue weighted by Crippen LogP contribution is 2.31. The molecule has 1 atom stereocenters. The SMILES string of the molecule is Cc1cc(Br)ccc1CNC[C@H](NC(=O)CNC(=O)c1cc(C(F)(F)F)ccc1N)C(N)=O. The van der Waals surface area contributed by atoms with Crippen LogP contribution in [0.1, 0.15) is 27.0 Å². The molecule has 0 aromatic heterocycles. The first-order chi connectivity index (χ1) is 15.4. The molecule has 178 valence electrons. The molecule has 0 fully saturated rings. The third-order valence-electron chi connectivity index (χ3n) is 4.68. The predicted molar refractivity (Wildman–Crippen MR) is 120 cm³/mol. The molecule has 0 aliphatic rings. The van der Waals surface area contributed by atoms with E-state index in [-0.39, 0.29) is 12.2 Å². The molecule has 2 aromatic rings. The molecule has 0 radical (unpaired) electrons. The van der Waals surface area contributed by atoms with Gasteiger partial charge in [-0.3, -0.25) is 14.4 Å². The second-order valence-corrected chi connectivity index (χ2v) is 8.12. The Morgan fingerprint density at radius 3 is 2.42 bits per heavy atom. The van der Waals surface area contributed by atoms with Crippen molar-refractivity contribution in [3.63, 3.8) is 0 Å². The number of hydrogen-bond donors (Lipinski definition) is 5. The molecule has 7 N–H and O–H groups in total. The molecule has 33 heavy (non-hydrogen) atoms. The number of aryl methyl sites for hydroxylation is 1. The van der Waals surface area contributed by atoms with Crippen molar-refractivity contribution in [2.75, 3.05) is 18.8 Å². The van der Waals surface area contributed by atoms with Crippen LogP contribution >= 0.6 is 15.9 Å². The van der Waals surface area contributed by atoms with Gasteiger partial charge in [0.2, 0.25) is 11.8 Å². The summed E-state index contributed by atoms with van der Waals surface area (Å²) in [4.78, 5) is 36.0. The van der Waals surface area contributed by atoms with Gasteiger partial charge in [-0.15, -0.1) is 0 Å². The zero-order valence-electron chi connectivity index (χ0n) is 17.6. The van der Waals surface area contributed by atoms with Gasteiger partial charge >= 0.3 is 6.18 Å². The molecule has 0 unspecified atom stereocenters. The quantitative estimate of drug-likeness (QED) is 0.315. The van der Waals surface area contributed by atoms with Crippen LogP contribution in [0.15, 0.2) is 40.9 Å². The maximum absolute atomic E-state index is 12.9. The smallest absolute Gasteiger partial charge is 0.398 e. The molecule has 0 heterocycles.